The number of fused-ring (bicyclic) bond motifs is 1. The first-order valence-electron chi connectivity index (χ1n) is 10.9. The monoisotopic (exact) mass is 470 g/mol. The summed E-state index contributed by atoms with van der Waals surface area (Å²) < 4.78 is 5.48. The normalized spacial score (nSPS) is 11.1. The summed E-state index contributed by atoms with van der Waals surface area (Å²) in [7, 11) is 2.92. The Morgan fingerprint density at radius 2 is 1.71 bits per heavy atom. The Kier molecular flexibility index (Phi) is 5.57. The van der Waals surface area contributed by atoms with Gasteiger partial charge in [0.2, 0.25) is 5.91 Å². The highest BCUT2D eigenvalue weighted by Gasteiger charge is 2.16. The summed E-state index contributed by atoms with van der Waals surface area (Å²) in [5, 5.41) is 11.2. The molecule has 3 aromatic heterocycles. The highest BCUT2D eigenvalue weighted by Crippen LogP contribution is 2.19. The quantitative estimate of drug-likeness (QED) is 0.400. The highest BCUT2D eigenvalue weighted by atomic mass is 16.2. The second-order valence-electron chi connectivity index (χ2n) is 8.16. The Morgan fingerprint density at radius 1 is 0.971 bits per heavy atom. The van der Waals surface area contributed by atoms with Gasteiger partial charge in [-0.3, -0.25) is 18.7 Å². The number of aromatic nitrogens is 7. The minimum absolute atomic E-state index is 0.125. The largest absolute Gasteiger partial charge is 0.332 e. The summed E-state index contributed by atoms with van der Waals surface area (Å²) in [4.78, 5) is 41.4. The fourth-order valence-corrected chi connectivity index (χ4v) is 3.87. The number of aryl methyl sites for hydroxylation is 1. The van der Waals surface area contributed by atoms with Gasteiger partial charge in [0.15, 0.2) is 11.2 Å². The minimum Gasteiger partial charge on any atom is -0.325 e. The fraction of sp³-hybridized carbons (Fsp3) is 0.167. The van der Waals surface area contributed by atoms with E-state index in [0.29, 0.717) is 12.2 Å². The van der Waals surface area contributed by atoms with Crippen LogP contribution in [0.4, 0.5) is 5.69 Å². The van der Waals surface area contributed by atoms with Crippen LogP contribution in [0.3, 0.4) is 0 Å². The molecule has 11 nitrogen and oxygen atoms in total. The van der Waals surface area contributed by atoms with Crippen LogP contribution in [-0.4, -0.2) is 39.6 Å². The van der Waals surface area contributed by atoms with Gasteiger partial charge in [-0.05, 0) is 17.7 Å². The Balaban J connectivity index is 1.28. The molecule has 5 aromatic rings. The Labute approximate surface area is 198 Å². The lowest BCUT2D eigenvalue weighted by Gasteiger charge is -2.08. The van der Waals surface area contributed by atoms with Crippen LogP contribution in [0, 0.1) is 0 Å². The van der Waals surface area contributed by atoms with E-state index in [0.717, 1.165) is 21.4 Å². The molecule has 0 atom stereocenters. The smallest absolute Gasteiger partial charge is 0.325 e. The van der Waals surface area contributed by atoms with Gasteiger partial charge in [0.1, 0.15) is 12.2 Å². The number of hydrogen-bond acceptors (Lipinski definition) is 6. The molecule has 1 amide bonds. The van der Waals surface area contributed by atoms with E-state index < -0.39 is 11.2 Å². The molecule has 0 saturated carbocycles. The Bertz CT molecular complexity index is 1640. The van der Waals surface area contributed by atoms with E-state index in [1.807, 2.05) is 48.7 Å². The molecule has 0 aliphatic rings. The average Bonchev–Trinajstić information content (AvgIpc) is 3.50. The van der Waals surface area contributed by atoms with Gasteiger partial charge in [-0.2, -0.15) is 0 Å². The first-order chi connectivity index (χ1) is 16.9. The van der Waals surface area contributed by atoms with E-state index in [1.165, 1.54) is 29.6 Å². The van der Waals surface area contributed by atoms with Crippen molar-refractivity contribution in [2.24, 2.45) is 14.1 Å². The number of carbonyl (C=O) groups excluding carboxylic acids is 1. The second-order valence-corrected chi connectivity index (χ2v) is 8.16. The summed E-state index contributed by atoms with van der Waals surface area (Å²) >= 11 is 0. The van der Waals surface area contributed by atoms with Crippen LogP contribution in [0.15, 0.2) is 76.7 Å². The molecule has 0 aliphatic carbocycles. The Hall–Kier alpha value is -4.80. The van der Waals surface area contributed by atoms with Crippen LogP contribution in [0.5, 0.6) is 0 Å². The zero-order valence-corrected chi connectivity index (χ0v) is 19.1. The number of hydrogen-bond donors (Lipinski definition) is 1. The molecule has 0 aliphatic heterocycles. The van der Waals surface area contributed by atoms with Crippen molar-refractivity contribution in [3.8, 4) is 11.3 Å². The number of nitrogens with one attached hydrogen (secondary N) is 1. The number of nitrogens with zero attached hydrogens (tertiary/aromatic N) is 7. The van der Waals surface area contributed by atoms with Crippen LogP contribution in [0.1, 0.15) is 5.56 Å². The van der Waals surface area contributed by atoms with E-state index in [-0.39, 0.29) is 23.6 Å². The van der Waals surface area contributed by atoms with E-state index in [9.17, 15) is 14.4 Å². The third kappa shape index (κ3) is 4.26. The molecular formula is C24H22N8O3. The van der Waals surface area contributed by atoms with Crippen LogP contribution >= 0.6 is 0 Å². The lowest BCUT2D eigenvalue weighted by Crippen LogP contribution is -2.37. The maximum absolute atomic E-state index is 12.6. The van der Waals surface area contributed by atoms with Gasteiger partial charge >= 0.3 is 5.69 Å². The molecule has 176 valence electrons. The van der Waals surface area contributed by atoms with Gasteiger partial charge in [-0.15, -0.1) is 5.10 Å². The molecule has 5 rings (SSSR count). The molecular weight excluding hydrogens is 448 g/mol. The van der Waals surface area contributed by atoms with Gasteiger partial charge in [-0.1, -0.05) is 47.7 Å². The predicted octanol–water partition coefficient (Wildman–Crippen LogP) is 1.38. The number of anilines is 1. The lowest BCUT2D eigenvalue weighted by molar-refractivity contribution is -0.116. The van der Waals surface area contributed by atoms with Crippen molar-refractivity contribution in [2.45, 2.75) is 13.1 Å². The number of imidazole rings is 1. The number of amides is 1. The predicted molar refractivity (Wildman–Crippen MR) is 130 cm³/mol. The molecule has 0 fully saturated rings. The van der Waals surface area contributed by atoms with Gasteiger partial charge in [-0.25, -0.2) is 14.5 Å². The zero-order chi connectivity index (χ0) is 24.5. The molecule has 3 heterocycles. The molecule has 35 heavy (non-hydrogen) atoms. The molecule has 0 radical (unpaired) electrons. The van der Waals surface area contributed by atoms with Gasteiger partial charge < -0.3 is 9.88 Å². The average molecular weight is 470 g/mol. The molecule has 0 bridgehead atoms. The van der Waals surface area contributed by atoms with Crippen molar-refractivity contribution < 1.29 is 4.79 Å². The first kappa shape index (κ1) is 22.0. The van der Waals surface area contributed by atoms with Crippen molar-refractivity contribution in [2.75, 3.05) is 5.32 Å². The van der Waals surface area contributed by atoms with E-state index >= 15 is 0 Å². The van der Waals surface area contributed by atoms with Crippen LogP contribution in [-0.2, 0) is 32.0 Å². The van der Waals surface area contributed by atoms with Crippen LogP contribution in [0.25, 0.3) is 22.4 Å². The summed E-state index contributed by atoms with van der Waals surface area (Å²) in [6.45, 7) is 0.502. The molecule has 0 saturated heterocycles. The first-order valence-corrected chi connectivity index (χ1v) is 10.9. The molecule has 1 N–H and O–H groups in total. The highest BCUT2D eigenvalue weighted by molar-refractivity contribution is 5.91. The van der Waals surface area contributed by atoms with Gasteiger partial charge in [0.05, 0.1) is 19.1 Å². The third-order valence-electron chi connectivity index (χ3n) is 5.72. The van der Waals surface area contributed by atoms with Crippen molar-refractivity contribution in [3.05, 3.63) is 93.5 Å². The summed E-state index contributed by atoms with van der Waals surface area (Å²) in [5.74, 6) is -0.332. The molecule has 0 spiro atoms. The van der Waals surface area contributed by atoms with Crippen molar-refractivity contribution in [1.82, 2.24) is 33.7 Å². The van der Waals surface area contributed by atoms with Gasteiger partial charge in [0, 0.05) is 25.3 Å². The SMILES string of the molecule is Cn1c(=O)c2c(ncn2CC(=O)Nc2ccc(-c3cn(Cc4ccccc4)nn3)cc2)n(C)c1=O. The second kappa shape index (κ2) is 8.86. The van der Waals surface area contributed by atoms with Crippen LogP contribution in [0.2, 0.25) is 0 Å². The zero-order valence-electron chi connectivity index (χ0n) is 19.1. The third-order valence-corrected chi connectivity index (χ3v) is 5.72. The number of carbonyl (C=O) groups is 1. The fourth-order valence-electron chi connectivity index (χ4n) is 3.87. The van der Waals surface area contributed by atoms with Gasteiger partial charge in [0.25, 0.3) is 5.56 Å². The molecule has 2 aromatic carbocycles. The van der Waals surface area contributed by atoms with Crippen molar-refractivity contribution in [1.29, 1.82) is 0 Å². The maximum atomic E-state index is 12.6. The minimum atomic E-state index is -0.502. The standard InChI is InChI=1S/C24H22N8O3/c1-29-22-21(23(34)30(2)24(29)35)31(15-25-22)14-20(33)26-18-10-8-17(9-11-18)19-13-32(28-27-19)12-16-6-4-3-5-7-16/h3-11,13,15H,12,14H2,1-2H3,(H,26,33). The van der Waals surface area contributed by atoms with Crippen molar-refractivity contribution in [3.63, 3.8) is 0 Å². The summed E-state index contributed by atoms with van der Waals surface area (Å²) in [6, 6.07) is 17.3. The van der Waals surface area contributed by atoms with E-state index in [4.69, 9.17) is 0 Å². The van der Waals surface area contributed by atoms with Crippen LogP contribution < -0.4 is 16.6 Å². The van der Waals surface area contributed by atoms with Crippen molar-refractivity contribution >= 4 is 22.8 Å². The maximum Gasteiger partial charge on any atom is 0.332 e. The van der Waals surface area contributed by atoms with E-state index in [1.54, 1.807) is 16.8 Å². The molecule has 0 unspecified atom stereocenters. The number of benzene rings is 2. The Morgan fingerprint density at radius 3 is 2.46 bits per heavy atom. The molecule has 11 heteroatoms. The number of rotatable bonds is 6. The summed E-state index contributed by atoms with van der Waals surface area (Å²) in [6.07, 6.45) is 3.26. The van der Waals surface area contributed by atoms with E-state index in [2.05, 4.69) is 20.6 Å². The topological polar surface area (TPSA) is 122 Å². The summed E-state index contributed by atoms with van der Waals surface area (Å²) in [5.41, 5.74) is 2.77. The lowest BCUT2D eigenvalue weighted by atomic mass is 10.1.